The second kappa shape index (κ2) is 15.2. The summed E-state index contributed by atoms with van der Waals surface area (Å²) < 4.78 is 13.2. The highest BCUT2D eigenvalue weighted by Gasteiger charge is 2.24. The number of methoxy groups -OCH3 is 1. The summed E-state index contributed by atoms with van der Waals surface area (Å²) in [7, 11) is 1.42. The van der Waals surface area contributed by atoms with Crippen LogP contribution in [0, 0.1) is 6.92 Å². The smallest absolute Gasteiger partial charge is 0.342 e. The molecule has 9 nitrogen and oxygen atoms in total. The van der Waals surface area contributed by atoms with Crippen LogP contribution in [0.4, 0.5) is 0 Å². The molecule has 0 bridgehead atoms. The highest BCUT2D eigenvalue weighted by atomic mass is 16.5. The SMILES string of the molecule is CCC[C@H](CCCCCO)N1CCc2cc(COc3c(C)cccc3-c3cccc(-n4ncc(C(=O)O)c4OC)n3)ccc2C1. The number of aryl methyl sites for hydroxylation is 1. The number of unbranched alkanes of at least 4 members (excludes halogenated alkanes) is 2. The van der Waals surface area contributed by atoms with Gasteiger partial charge in [0.25, 0.3) is 0 Å². The van der Waals surface area contributed by atoms with Crippen molar-refractivity contribution in [2.24, 2.45) is 0 Å². The Labute approximate surface area is 265 Å². The van der Waals surface area contributed by atoms with Crippen LogP contribution in [0.1, 0.15) is 78.1 Å². The Balaban J connectivity index is 1.31. The third-order valence-electron chi connectivity index (χ3n) is 8.62. The molecule has 0 fully saturated rings. The second-order valence-electron chi connectivity index (χ2n) is 11.7. The molecule has 1 atom stereocenters. The predicted molar refractivity (Wildman–Crippen MR) is 174 cm³/mol. The van der Waals surface area contributed by atoms with Crippen molar-refractivity contribution in [1.82, 2.24) is 19.7 Å². The van der Waals surface area contributed by atoms with E-state index in [4.69, 9.17) is 19.6 Å². The Morgan fingerprint density at radius 2 is 1.89 bits per heavy atom. The Kier molecular flexibility index (Phi) is 10.9. The molecule has 0 spiro atoms. The van der Waals surface area contributed by atoms with Crippen LogP contribution in [0.25, 0.3) is 17.1 Å². The van der Waals surface area contributed by atoms with Crippen LogP contribution in [0.15, 0.2) is 60.8 Å². The first-order valence-corrected chi connectivity index (χ1v) is 15.9. The fourth-order valence-corrected chi connectivity index (χ4v) is 6.28. The Bertz CT molecular complexity index is 1600. The molecule has 0 saturated heterocycles. The Morgan fingerprint density at radius 3 is 2.67 bits per heavy atom. The fourth-order valence-electron chi connectivity index (χ4n) is 6.28. The zero-order valence-electron chi connectivity index (χ0n) is 26.5. The number of aliphatic hydroxyl groups is 1. The number of hydrogen-bond donors (Lipinski definition) is 2. The molecule has 2 aromatic carbocycles. The fraction of sp³-hybridized carbons (Fsp3) is 0.417. The lowest BCUT2D eigenvalue weighted by Gasteiger charge is -2.36. The lowest BCUT2D eigenvalue weighted by atomic mass is 9.94. The summed E-state index contributed by atoms with van der Waals surface area (Å²) in [5, 5.41) is 22.8. The standard InChI is InChI=1S/C36H44N4O5/c1-4-10-29(12-6-5-7-20-41)39-19-18-27-21-26(16-17-28(27)23-39)24-45-34-25(2)11-8-13-30(34)32-14-9-15-33(38-32)40-35(44-3)31(22-37-40)36(42)43/h8-9,11,13-17,21-22,29,41H,4-7,10,12,18-20,23-24H2,1-3H3,(H,42,43)/t29-/m1/s1. The largest absolute Gasteiger partial charge is 0.488 e. The van der Waals surface area contributed by atoms with Gasteiger partial charge in [-0.05, 0) is 73.1 Å². The first-order chi connectivity index (χ1) is 21.9. The van der Waals surface area contributed by atoms with Gasteiger partial charge in [0, 0.05) is 31.3 Å². The number of carboxylic acid groups (broad SMARTS) is 1. The summed E-state index contributed by atoms with van der Waals surface area (Å²) in [6.07, 6.45) is 9.07. The number of hydrogen-bond acceptors (Lipinski definition) is 7. The van der Waals surface area contributed by atoms with E-state index in [0.717, 1.165) is 54.8 Å². The first-order valence-electron chi connectivity index (χ1n) is 15.9. The molecule has 2 aromatic heterocycles. The molecular formula is C36H44N4O5. The molecule has 0 saturated carbocycles. The molecule has 1 aliphatic rings. The van der Waals surface area contributed by atoms with E-state index in [0.29, 0.717) is 24.2 Å². The van der Waals surface area contributed by atoms with Crippen LogP contribution in [0.2, 0.25) is 0 Å². The lowest BCUT2D eigenvalue weighted by Crippen LogP contribution is -2.39. The number of carboxylic acids is 1. The average Bonchev–Trinajstić information content (AvgIpc) is 3.50. The summed E-state index contributed by atoms with van der Waals surface area (Å²) in [4.78, 5) is 19.1. The second-order valence-corrected chi connectivity index (χ2v) is 11.7. The minimum Gasteiger partial charge on any atom is -0.488 e. The maximum atomic E-state index is 11.6. The van der Waals surface area contributed by atoms with E-state index in [-0.39, 0.29) is 18.1 Å². The predicted octanol–water partition coefficient (Wildman–Crippen LogP) is 6.61. The zero-order chi connectivity index (χ0) is 31.8. The Morgan fingerprint density at radius 1 is 1.04 bits per heavy atom. The molecule has 0 radical (unpaired) electrons. The van der Waals surface area contributed by atoms with Crippen molar-refractivity contribution in [2.75, 3.05) is 20.3 Å². The first kappa shape index (κ1) is 32.2. The van der Waals surface area contributed by atoms with Gasteiger partial charge in [-0.3, -0.25) is 4.90 Å². The number of para-hydroxylation sites is 1. The van der Waals surface area contributed by atoms with Crippen LogP contribution in [-0.4, -0.2) is 62.2 Å². The van der Waals surface area contributed by atoms with E-state index < -0.39 is 5.97 Å². The molecule has 4 aromatic rings. The maximum absolute atomic E-state index is 11.6. The van der Waals surface area contributed by atoms with Crippen molar-refractivity contribution in [3.63, 3.8) is 0 Å². The van der Waals surface area contributed by atoms with E-state index in [1.54, 1.807) is 6.07 Å². The van der Waals surface area contributed by atoms with Crippen molar-refractivity contribution < 1.29 is 24.5 Å². The van der Waals surface area contributed by atoms with Crippen LogP contribution in [0.5, 0.6) is 11.6 Å². The molecule has 3 heterocycles. The summed E-state index contributed by atoms with van der Waals surface area (Å²) in [6.45, 7) is 7.07. The van der Waals surface area contributed by atoms with Gasteiger partial charge in [-0.1, -0.05) is 62.6 Å². The van der Waals surface area contributed by atoms with Crippen LogP contribution in [-0.2, 0) is 19.6 Å². The molecule has 9 heteroatoms. The number of fused-ring (bicyclic) bond motifs is 1. The van der Waals surface area contributed by atoms with Gasteiger partial charge in [-0.15, -0.1) is 0 Å². The van der Waals surface area contributed by atoms with Crippen molar-refractivity contribution in [1.29, 1.82) is 0 Å². The molecule has 45 heavy (non-hydrogen) atoms. The van der Waals surface area contributed by atoms with Gasteiger partial charge in [-0.25, -0.2) is 9.78 Å². The molecule has 0 unspecified atom stereocenters. The molecular weight excluding hydrogens is 568 g/mol. The van der Waals surface area contributed by atoms with E-state index in [2.05, 4.69) is 35.1 Å². The molecule has 5 rings (SSSR count). The van der Waals surface area contributed by atoms with Gasteiger partial charge < -0.3 is 19.7 Å². The maximum Gasteiger partial charge on any atom is 0.342 e. The van der Waals surface area contributed by atoms with Crippen LogP contribution in [0.3, 0.4) is 0 Å². The van der Waals surface area contributed by atoms with E-state index >= 15 is 0 Å². The van der Waals surface area contributed by atoms with E-state index in [1.807, 2.05) is 37.3 Å². The van der Waals surface area contributed by atoms with E-state index in [1.165, 1.54) is 54.8 Å². The summed E-state index contributed by atoms with van der Waals surface area (Å²) in [5.74, 6) is 0.198. The topological polar surface area (TPSA) is 110 Å². The number of benzene rings is 2. The molecule has 1 aliphatic heterocycles. The number of aromatic nitrogens is 3. The summed E-state index contributed by atoms with van der Waals surface area (Å²) in [6, 6.07) is 18.9. The number of rotatable bonds is 15. The van der Waals surface area contributed by atoms with E-state index in [9.17, 15) is 9.90 Å². The Hall–Kier alpha value is -4.21. The van der Waals surface area contributed by atoms with Crippen molar-refractivity contribution >= 4 is 5.97 Å². The minimum absolute atomic E-state index is 0.0305. The number of nitrogens with zero attached hydrogens (tertiary/aromatic N) is 4. The third kappa shape index (κ3) is 7.54. The van der Waals surface area contributed by atoms with Gasteiger partial charge >= 0.3 is 5.97 Å². The molecule has 0 aliphatic carbocycles. The van der Waals surface area contributed by atoms with Gasteiger partial charge in [0.05, 0.1) is 19.0 Å². The highest BCUT2D eigenvalue weighted by molar-refractivity contribution is 5.90. The third-order valence-corrected chi connectivity index (χ3v) is 8.62. The van der Waals surface area contributed by atoms with Crippen molar-refractivity contribution in [3.8, 4) is 28.7 Å². The van der Waals surface area contributed by atoms with Crippen molar-refractivity contribution in [2.45, 2.75) is 78.0 Å². The van der Waals surface area contributed by atoms with Gasteiger partial charge in [0.2, 0.25) is 5.88 Å². The van der Waals surface area contributed by atoms with Gasteiger partial charge in [0.1, 0.15) is 17.9 Å². The summed E-state index contributed by atoms with van der Waals surface area (Å²) in [5.41, 5.74) is 6.43. The van der Waals surface area contributed by atoms with Gasteiger partial charge in [0.15, 0.2) is 5.82 Å². The monoisotopic (exact) mass is 612 g/mol. The summed E-state index contributed by atoms with van der Waals surface area (Å²) >= 11 is 0. The van der Waals surface area contributed by atoms with Crippen LogP contribution < -0.4 is 9.47 Å². The highest BCUT2D eigenvalue weighted by Crippen LogP contribution is 2.34. The van der Waals surface area contributed by atoms with Crippen LogP contribution >= 0.6 is 0 Å². The number of aliphatic hydroxyl groups excluding tert-OH is 1. The van der Waals surface area contributed by atoms with Gasteiger partial charge in [-0.2, -0.15) is 9.78 Å². The number of pyridine rings is 1. The average molecular weight is 613 g/mol. The molecule has 0 amide bonds. The number of ether oxygens (including phenoxy) is 2. The molecule has 2 N–H and O–H groups in total. The van der Waals surface area contributed by atoms with Crippen molar-refractivity contribution in [3.05, 3.63) is 88.6 Å². The molecule has 238 valence electrons. The number of carbonyl (C=O) groups is 1. The quantitative estimate of drug-likeness (QED) is 0.144. The minimum atomic E-state index is -1.12. The number of aromatic carboxylic acids is 1. The normalized spacial score (nSPS) is 13.8. The zero-order valence-corrected chi connectivity index (χ0v) is 26.5. The lowest BCUT2D eigenvalue weighted by molar-refractivity contribution is 0.0693.